The largest absolute Gasteiger partial charge is 0.493 e. The summed E-state index contributed by atoms with van der Waals surface area (Å²) in [6.45, 7) is 7.47. The maximum absolute atomic E-state index is 6.38. The number of methoxy groups -OCH3 is 1. The Bertz CT molecular complexity index is 647. The number of rotatable bonds is 6. The Morgan fingerprint density at radius 2 is 1.88 bits per heavy atom. The zero-order chi connectivity index (χ0) is 16.9. The highest BCUT2D eigenvalue weighted by Crippen LogP contribution is 2.37. The summed E-state index contributed by atoms with van der Waals surface area (Å²) in [5.74, 6) is 1.18. The van der Waals surface area contributed by atoms with Gasteiger partial charge in [-0.15, -0.1) is 24.8 Å². The predicted octanol–water partition coefficient (Wildman–Crippen LogP) is 5.05. The minimum atomic E-state index is 0. The third-order valence-corrected chi connectivity index (χ3v) is 3.50. The van der Waals surface area contributed by atoms with Crippen molar-refractivity contribution < 1.29 is 9.47 Å². The van der Waals surface area contributed by atoms with Crippen LogP contribution < -0.4 is 14.8 Å². The lowest BCUT2D eigenvalue weighted by molar-refractivity contribution is 0.284. The van der Waals surface area contributed by atoms with Gasteiger partial charge >= 0.3 is 0 Å². The summed E-state index contributed by atoms with van der Waals surface area (Å²) >= 11 is 6.38. The Morgan fingerprint density at radius 1 is 1.16 bits per heavy atom. The summed E-state index contributed by atoms with van der Waals surface area (Å²) in [6, 6.07) is 7.68. The molecule has 0 atom stereocenters. The third-order valence-electron chi connectivity index (χ3n) is 3.22. The molecule has 0 bridgehead atoms. The van der Waals surface area contributed by atoms with Gasteiger partial charge in [-0.25, -0.2) is 0 Å². The molecule has 25 heavy (non-hydrogen) atoms. The number of halogens is 3. The van der Waals surface area contributed by atoms with Gasteiger partial charge in [0.2, 0.25) is 0 Å². The van der Waals surface area contributed by atoms with Crippen LogP contribution in [0.2, 0.25) is 5.02 Å². The number of hydrogen-bond acceptors (Lipinski definition) is 4. The number of nitrogens with one attached hydrogen (secondary N) is 1. The van der Waals surface area contributed by atoms with Crippen molar-refractivity contribution in [2.45, 2.75) is 39.5 Å². The molecule has 2 aromatic rings. The topological polar surface area (TPSA) is 43.4 Å². The molecule has 1 aromatic heterocycles. The molecular weight excluding hydrogens is 383 g/mol. The summed E-state index contributed by atoms with van der Waals surface area (Å²) in [6.07, 6.45) is 3.50. The zero-order valence-corrected chi connectivity index (χ0v) is 17.2. The molecule has 0 spiro atoms. The highest BCUT2D eigenvalue weighted by molar-refractivity contribution is 6.32. The lowest BCUT2D eigenvalue weighted by atomic mass is 10.1. The van der Waals surface area contributed by atoms with Crippen LogP contribution in [-0.2, 0) is 13.2 Å². The molecule has 0 aliphatic rings. The van der Waals surface area contributed by atoms with Crippen molar-refractivity contribution in [1.82, 2.24) is 10.3 Å². The van der Waals surface area contributed by atoms with Crippen molar-refractivity contribution in [2.75, 3.05) is 7.11 Å². The van der Waals surface area contributed by atoms with Crippen LogP contribution in [0, 0.1) is 0 Å². The number of pyridine rings is 1. The van der Waals surface area contributed by atoms with Crippen molar-refractivity contribution in [3.8, 4) is 11.5 Å². The normalized spacial score (nSPS) is 10.4. The standard InChI is InChI=1S/C18H23ClN2O2.2ClH/c1-18(2,3)21-11-14-8-15(19)17(16(9-14)22-4)23-12-13-6-5-7-20-10-13;;/h5-10,21H,11-12H2,1-4H3;2*1H. The van der Waals surface area contributed by atoms with Crippen LogP contribution in [0.3, 0.4) is 0 Å². The van der Waals surface area contributed by atoms with Crippen LogP contribution in [0.4, 0.5) is 0 Å². The molecule has 0 aliphatic carbocycles. The van der Waals surface area contributed by atoms with E-state index in [1.54, 1.807) is 19.5 Å². The minimum absolute atomic E-state index is 0. The van der Waals surface area contributed by atoms with E-state index in [1.807, 2.05) is 24.3 Å². The summed E-state index contributed by atoms with van der Waals surface area (Å²) in [5.41, 5.74) is 2.06. The van der Waals surface area contributed by atoms with Gasteiger partial charge in [0.05, 0.1) is 12.1 Å². The van der Waals surface area contributed by atoms with Gasteiger partial charge in [-0.05, 0) is 44.5 Å². The fourth-order valence-corrected chi connectivity index (χ4v) is 2.31. The maximum Gasteiger partial charge on any atom is 0.180 e. The number of benzene rings is 1. The third kappa shape index (κ3) is 7.70. The van der Waals surface area contributed by atoms with Crippen LogP contribution in [0.5, 0.6) is 11.5 Å². The first-order valence-electron chi connectivity index (χ1n) is 7.52. The summed E-state index contributed by atoms with van der Waals surface area (Å²) < 4.78 is 11.3. The van der Waals surface area contributed by atoms with Crippen LogP contribution in [0.15, 0.2) is 36.7 Å². The van der Waals surface area contributed by atoms with E-state index in [-0.39, 0.29) is 30.4 Å². The molecule has 1 N–H and O–H groups in total. The molecule has 0 amide bonds. The van der Waals surface area contributed by atoms with Crippen LogP contribution >= 0.6 is 36.4 Å². The zero-order valence-electron chi connectivity index (χ0n) is 14.8. The Labute approximate surface area is 167 Å². The van der Waals surface area contributed by atoms with Crippen LogP contribution in [0.25, 0.3) is 0 Å². The Balaban J connectivity index is 0.00000288. The second kappa shape index (κ2) is 10.7. The number of nitrogens with zero attached hydrogens (tertiary/aromatic N) is 1. The van der Waals surface area contributed by atoms with Crippen molar-refractivity contribution >= 4 is 36.4 Å². The van der Waals surface area contributed by atoms with Gasteiger partial charge in [-0.3, -0.25) is 4.98 Å². The van der Waals surface area contributed by atoms with E-state index in [0.29, 0.717) is 29.7 Å². The molecule has 1 heterocycles. The van der Waals surface area contributed by atoms with Crippen LogP contribution in [-0.4, -0.2) is 17.6 Å². The fraction of sp³-hybridized carbons (Fsp3) is 0.389. The SMILES string of the molecule is COc1cc(CNC(C)(C)C)cc(Cl)c1OCc1cccnc1.Cl.Cl. The number of ether oxygens (including phenoxy) is 2. The number of hydrogen-bond donors (Lipinski definition) is 1. The molecule has 7 heteroatoms. The highest BCUT2D eigenvalue weighted by Gasteiger charge is 2.14. The van der Waals surface area contributed by atoms with Crippen molar-refractivity contribution in [1.29, 1.82) is 0 Å². The number of aromatic nitrogens is 1. The van der Waals surface area contributed by atoms with Crippen molar-refractivity contribution in [3.63, 3.8) is 0 Å². The Hall–Kier alpha value is -1.20. The van der Waals surface area contributed by atoms with Gasteiger partial charge in [0.15, 0.2) is 11.5 Å². The Kier molecular flexibility index (Phi) is 10.2. The second-order valence-corrected chi connectivity index (χ2v) is 6.77. The minimum Gasteiger partial charge on any atom is -0.493 e. The molecule has 0 aliphatic heterocycles. The first-order chi connectivity index (χ1) is 10.9. The highest BCUT2D eigenvalue weighted by atomic mass is 35.5. The van der Waals surface area contributed by atoms with Gasteiger partial charge in [0, 0.05) is 30.0 Å². The van der Waals surface area contributed by atoms with Gasteiger partial charge < -0.3 is 14.8 Å². The second-order valence-electron chi connectivity index (χ2n) is 6.36. The molecule has 0 saturated carbocycles. The molecule has 1 aromatic carbocycles. The quantitative estimate of drug-likeness (QED) is 0.727. The monoisotopic (exact) mass is 406 g/mol. The average molecular weight is 408 g/mol. The average Bonchev–Trinajstić information content (AvgIpc) is 2.51. The van der Waals surface area contributed by atoms with E-state index in [9.17, 15) is 0 Å². The lowest BCUT2D eigenvalue weighted by Crippen LogP contribution is -2.35. The van der Waals surface area contributed by atoms with E-state index in [1.165, 1.54) is 0 Å². The first-order valence-corrected chi connectivity index (χ1v) is 7.90. The van der Waals surface area contributed by atoms with Gasteiger partial charge in [0.25, 0.3) is 0 Å². The van der Waals surface area contributed by atoms with Crippen molar-refractivity contribution in [3.05, 3.63) is 52.8 Å². The van der Waals surface area contributed by atoms with Gasteiger partial charge in [-0.1, -0.05) is 17.7 Å². The molecule has 0 unspecified atom stereocenters. The predicted molar refractivity (Wildman–Crippen MR) is 108 cm³/mol. The Morgan fingerprint density at radius 3 is 2.44 bits per heavy atom. The molecule has 4 nitrogen and oxygen atoms in total. The molecular formula is C18H25Cl3N2O2. The van der Waals surface area contributed by atoms with E-state index >= 15 is 0 Å². The van der Waals surface area contributed by atoms with E-state index < -0.39 is 0 Å². The molecule has 2 rings (SSSR count). The fourth-order valence-electron chi connectivity index (χ4n) is 2.02. The van der Waals surface area contributed by atoms with Crippen LogP contribution in [0.1, 0.15) is 31.9 Å². The van der Waals surface area contributed by atoms with E-state index in [2.05, 4.69) is 31.1 Å². The lowest BCUT2D eigenvalue weighted by Gasteiger charge is -2.21. The van der Waals surface area contributed by atoms with E-state index in [4.69, 9.17) is 21.1 Å². The van der Waals surface area contributed by atoms with E-state index in [0.717, 1.165) is 11.1 Å². The van der Waals surface area contributed by atoms with Gasteiger partial charge in [-0.2, -0.15) is 0 Å². The molecule has 0 fully saturated rings. The summed E-state index contributed by atoms with van der Waals surface area (Å²) in [5, 5.41) is 3.97. The molecule has 0 saturated heterocycles. The smallest absolute Gasteiger partial charge is 0.180 e. The first kappa shape index (κ1) is 23.8. The summed E-state index contributed by atoms with van der Waals surface area (Å²) in [7, 11) is 1.61. The molecule has 0 radical (unpaired) electrons. The summed E-state index contributed by atoms with van der Waals surface area (Å²) in [4.78, 5) is 4.07. The maximum atomic E-state index is 6.38. The van der Waals surface area contributed by atoms with Gasteiger partial charge in [0.1, 0.15) is 6.61 Å². The molecule has 140 valence electrons. The van der Waals surface area contributed by atoms with Crippen molar-refractivity contribution in [2.24, 2.45) is 0 Å².